The van der Waals surface area contributed by atoms with Crippen molar-refractivity contribution in [2.75, 3.05) is 5.75 Å². The normalized spacial score (nSPS) is 21.3. The van der Waals surface area contributed by atoms with Gasteiger partial charge in [0.1, 0.15) is 0 Å². The fourth-order valence-corrected chi connectivity index (χ4v) is 4.94. The Labute approximate surface area is 111 Å². The lowest BCUT2D eigenvalue weighted by Gasteiger charge is -2.32. The average Bonchev–Trinajstić information content (AvgIpc) is 2.23. The summed E-state index contributed by atoms with van der Waals surface area (Å²) in [4.78, 5) is -0.0929. The zero-order valence-electron chi connectivity index (χ0n) is 9.97. The van der Waals surface area contributed by atoms with Gasteiger partial charge in [-0.25, -0.2) is 16.8 Å². The van der Waals surface area contributed by atoms with E-state index in [0.717, 1.165) is 6.07 Å². The van der Waals surface area contributed by atoms with Gasteiger partial charge in [-0.3, -0.25) is 0 Å². The molecule has 1 heterocycles. The van der Waals surface area contributed by atoms with Crippen molar-refractivity contribution in [3.05, 3.63) is 23.8 Å². The summed E-state index contributed by atoms with van der Waals surface area (Å²) in [6.45, 7) is 3.88. The van der Waals surface area contributed by atoms with E-state index in [9.17, 15) is 16.8 Å². The number of hydrogen-bond donors (Lipinski definition) is 0. The van der Waals surface area contributed by atoms with Gasteiger partial charge in [-0.1, -0.05) is 19.9 Å². The third kappa shape index (κ3) is 2.29. The maximum absolute atomic E-state index is 12.0. The van der Waals surface area contributed by atoms with Gasteiger partial charge in [-0.05, 0) is 29.5 Å². The second-order valence-electron chi connectivity index (χ2n) is 5.05. The highest BCUT2D eigenvalue weighted by molar-refractivity contribution is 8.13. The number of benzene rings is 1. The molecule has 0 fully saturated rings. The first-order valence-corrected chi connectivity index (χ1v) is 9.32. The molecule has 0 saturated heterocycles. The predicted octanol–water partition coefficient (Wildman–Crippen LogP) is 2.07. The zero-order chi connectivity index (χ0) is 13.8. The third-order valence-electron chi connectivity index (χ3n) is 3.29. The highest BCUT2D eigenvalue weighted by atomic mass is 35.7. The summed E-state index contributed by atoms with van der Waals surface area (Å²) in [6.07, 6.45) is 0.523. The molecule has 0 aliphatic carbocycles. The van der Waals surface area contributed by atoms with Crippen LogP contribution < -0.4 is 0 Å². The third-order valence-corrected chi connectivity index (χ3v) is 6.40. The van der Waals surface area contributed by atoms with E-state index in [1.807, 2.05) is 13.8 Å². The van der Waals surface area contributed by atoms with Crippen LogP contribution >= 0.6 is 10.7 Å². The Balaban J connectivity index is 2.79. The number of halogens is 1. The molecule has 100 valence electrons. The standard InChI is InChI=1S/C11H13ClO4S2/c1-11(2)5-6-17(13,14)10-7-8(18(12,15)16)3-4-9(10)11/h3-4,7H,5-6H2,1-2H3. The van der Waals surface area contributed by atoms with Crippen molar-refractivity contribution in [3.8, 4) is 0 Å². The minimum atomic E-state index is -3.92. The first-order chi connectivity index (χ1) is 8.04. The van der Waals surface area contributed by atoms with E-state index in [4.69, 9.17) is 10.7 Å². The van der Waals surface area contributed by atoms with Gasteiger partial charge < -0.3 is 0 Å². The van der Waals surface area contributed by atoms with Crippen molar-refractivity contribution in [3.63, 3.8) is 0 Å². The second kappa shape index (κ2) is 3.95. The molecule has 1 aliphatic rings. The number of sulfone groups is 1. The fourth-order valence-electron chi connectivity index (χ4n) is 2.10. The lowest BCUT2D eigenvalue weighted by molar-refractivity contribution is 0.472. The van der Waals surface area contributed by atoms with E-state index < -0.39 is 18.9 Å². The van der Waals surface area contributed by atoms with Crippen LogP contribution in [0.25, 0.3) is 0 Å². The summed E-state index contributed by atoms with van der Waals surface area (Å²) in [5.41, 5.74) is 0.368. The van der Waals surface area contributed by atoms with Crippen LogP contribution in [0.2, 0.25) is 0 Å². The Morgan fingerprint density at radius 3 is 2.44 bits per heavy atom. The van der Waals surface area contributed by atoms with Gasteiger partial charge in [0, 0.05) is 10.7 Å². The van der Waals surface area contributed by atoms with E-state index in [1.54, 1.807) is 6.07 Å². The molecule has 0 bridgehead atoms. The molecule has 1 aromatic rings. The second-order valence-corrected chi connectivity index (χ2v) is 9.69. The molecule has 0 N–H and O–H groups in total. The molecule has 1 aliphatic heterocycles. The summed E-state index contributed by atoms with van der Waals surface area (Å²) in [7, 11) is -2.09. The molecule has 7 heteroatoms. The Kier molecular flexibility index (Phi) is 3.04. The molecule has 0 unspecified atom stereocenters. The van der Waals surface area contributed by atoms with E-state index >= 15 is 0 Å². The highest BCUT2D eigenvalue weighted by Crippen LogP contribution is 2.39. The number of fused-ring (bicyclic) bond motifs is 1. The van der Waals surface area contributed by atoms with Crippen molar-refractivity contribution >= 4 is 29.6 Å². The molecular weight excluding hydrogens is 296 g/mol. The van der Waals surface area contributed by atoms with Gasteiger partial charge in [0.15, 0.2) is 9.84 Å². The van der Waals surface area contributed by atoms with Gasteiger partial charge in [0.25, 0.3) is 9.05 Å². The summed E-state index contributed by atoms with van der Waals surface area (Å²) in [5, 5.41) is 0. The van der Waals surface area contributed by atoms with Gasteiger partial charge in [-0.2, -0.15) is 0 Å². The molecule has 0 radical (unpaired) electrons. The molecule has 0 atom stereocenters. The van der Waals surface area contributed by atoms with Crippen LogP contribution in [0.3, 0.4) is 0 Å². The van der Waals surface area contributed by atoms with E-state index in [0.29, 0.717) is 12.0 Å². The molecule has 1 aromatic carbocycles. The largest absolute Gasteiger partial charge is 0.261 e. The van der Waals surface area contributed by atoms with Gasteiger partial charge in [0.05, 0.1) is 15.5 Å². The van der Waals surface area contributed by atoms with Crippen molar-refractivity contribution in [1.29, 1.82) is 0 Å². The Hall–Kier alpha value is -0.590. The van der Waals surface area contributed by atoms with E-state index in [2.05, 4.69) is 0 Å². The lowest BCUT2D eigenvalue weighted by atomic mass is 9.82. The van der Waals surface area contributed by atoms with E-state index in [1.165, 1.54) is 6.07 Å². The Morgan fingerprint density at radius 2 is 1.89 bits per heavy atom. The molecule has 18 heavy (non-hydrogen) atoms. The van der Waals surface area contributed by atoms with Crippen LogP contribution in [0.15, 0.2) is 28.0 Å². The van der Waals surface area contributed by atoms with Crippen LogP contribution in [0, 0.1) is 0 Å². The molecule has 4 nitrogen and oxygen atoms in total. The van der Waals surface area contributed by atoms with Crippen molar-refractivity contribution in [2.24, 2.45) is 0 Å². The number of hydrogen-bond acceptors (Lipinski definition) is 4. The zero-order valence-corrected chi connectivity index (χ0v) is 12.4. The average molecular weight is 309 g/mol. The molecular formula is C11H13ClO4S2. The fraction of sp³-hybridized carbons (Fsp3) is 0.455. The van der Waals surface area contributed by atoms with Gasteiger partial charge >= 0.3 is 0 Å². The molecule has 2 rings (SSSR count). The van der Waals surface area contributed by atoms with Crippen molar-refractivity contribution < 1.29 is 16.8 Å². The van der Waals surface area contributed by atoms with Crippen LogP contribution in [-0.2, 0) is 24.3 Å². The van der Waals surface area contributed by atoms with Gasteiger partial charge in [0.2, 0.25) is 0 Å². The topological polar surface area (TPSA) is 68.3 Å². The van der Waals surface area contributed by atoms with Crippen molar-refractivity contribution in [2.45, 2.75) is 35.5 Å². The minimum Gasteiger partial charge on any atom is -0.224 e. The maximum atomic E-state index is 12.0. The Bertz CT molecular complexity index is 703. The minimum absolute atomic E-state index is 0.0266. The smallest absolute Gasteiger partial charge is 0.224 e. The van der Waals surface area contributed by atoms with Crippen molar-refractivity contribution in [1.82, 2.24) is 0 Å². The van der Waals surface area contributed by atoms with Gasteiger partial charge in [-0.15, -0.1) is 0 Å². The first-order valence-electron chi connectivity index (χ1n) is 5.36. The van der Waals surface area contributed by atoms with Crippen LogP contribution in [0.5, 0.6) is 0 Å². The summed E-state index contributed by atoms with van der Waals surface area (Å²) in [5.74, 6) is 0.0266. The summed E-state index contributed by atoms with van der Waals surface area (Å²) < 4.78 is 46.5. The van der Waals surface area contributed by atoms with Crippen LogP contribution in [0.4, 0.5) is 0 Å². The Morgan fingerprint density at radius 1 is 1.28 bits per heavy atom. The first kappa shape index (κ1) is 13.8. The highest BCUT2D eigenvalue weighted by Gasteiger charge is 2.36. The maximum Gasteiger partial charge on any atom is 0.261 e. The van der Waals surface area contributed by atoms with E-state index in [-0.39, 0.29) is 21.0 Å². The lowest BCUT2D eigenvalue weighted by Crippen LogP contribution is -2.30. The van der Waals surface area contributed by atoms with Crippen LogP contribution in [-0.4, -0.2) is 22.6 Å². The quantitative estimate of drug-likeness (QED) is 0.745. The number of rotatable bonds is 1. The SMILES string of the molecule is CC1(C)CCS(=O)(=O)c2cc(S(=O)(=O)Cl)ccc21. The molecule has 0 amide bonds. The predicted molar refractivity (Wildman–Crippen MR) is 69.2 cm³/mol. The monoisotopic (exact) mass is 308 g/mol. The molecule has 0 spiro atoms. The summed E-state index contributed by atoms with van der Waals surface area (Å²) >= 11 is 0. The van der Waals surface area contributed by atoms with Crippen LogP contribution in [0.1, 0.15) is 25.8 Å². The molecule has 0 aromatic heterocycles. The molecule has 0 saturated carbocycles. The summed E-state index contributed by atoms with van der Waals surface area (Å²) in [6, 6.07) is 4.05.